The van der Waals surface area contributed by atoms with E-state index in [0.29, 0.717) is 24.9 Å². The lowest BCUT2D eigenvalue weighted by molar-refractivity contribution is 0.414. The van der Waals surface area contributed by atoms with E-state index in [2.05, 4.69) is 52.0 Å². The first kappa shape index (κ1) is 24.7. The van der Waals surface area contributed by atoms with Gasteiger partial charge in [-0.3, -0.25) is 0 Å². The van der Waals surface area contributed by atoms with E-state index in [1.165, 1.54) is 24.0 Å². The van der Waals surface area contributed by atoms with Crippen LogP contribution in [-0.4, -0.2) is 36.8 Å². The molecule has 1 saturated heterocycles. The van der Waals surface area contributed by atoms with Gasteiger partial charge in [0.25, 0.3) is 0 Å². The van der Waals surface area contributed by atoms with Gasteiger partial charge in [-0.2, -0.15) is 0 Å². The van der Waals surface area contributed by atoms with Crippen LogP contribution in [0.4, 0.5) is 17.5 Å². The molecule has 2 N–H and O–H groups in total. The highest BCUT2D eigenvalue weighted by molar-refractivity contribution is 5.95. The minimum absolute atomic E-state index is 0.508. The number of anilines is 3. The van der Waals surface area contributed by atoms with Crippen molar-refractivity contribution in [3.63, 3.8) is 0 Å². The molecule has 37 heavy (non-hydrogen) atoms. The van der Waals surface area contributed by atoms with Crippen LogP contribution in [0.5, 0.6) is 11.5 Å². The molecule has 1 fully saturated rings. The second-order valence-electron chi connectivity index (χ2n) is 9.58. The van der Waals surface area contributed by atoms with Crippen LogP contribution in [0, 0.1) is 0 Å². The number of rotatable bonds is 9. The maximum Gasteiger partial charge on any atom is 0.141 e. The topological polar surface area (TPSA) is 76.7 Å². The Hall–Kier alpha value is -4.00. The molecule has 4 aromatic rings. The van der Waals surface area contributed by atoms with Gasteiger partial charge in [-0.1, -0.05) is 31.2 Å². The average molecular weight is 498 g/mol. The van der Waals surface area contributed by atoms with E-state index in [4.69, 9.17) is 20.2 Å². The lowest BCUT2D eigenvalue weighted by atomic mass is 10.1. The van der Waals surface area contributed by atoms with Crippen LogP contribution in [0.3, 0.4) is 0 Å². The van der Waals surface area contributed by atoms with Gasteiger partial charge in [0.1, 0.15) is 29.0 Å². The number of pyridine rings is 2. The van der Waals surface area contributed by atoms with Crippen LogP contribution in [0.15, 0.2) is 66.9 Å². The number of fused-ring (bicyclic) bond motifs is 1. The highest BCUT2D eigenvalue weighted by Gasteiger charge is 2.26. The zero-order valence-electron chi connectivity index (χ0n) is 21.9. The summed E-state index contributed by atoms with van der Waals surface area (Å²) in [4.78, 5) is 14.5. The molecular formula is C30H35N5O2. The zero-order chi connectivity index (χ0) is 25.8. The standard InChI is InChI=1S/C30H35N5O2/c1-4-24-6-5-15-35(24)29-17-23-16-28(31)32-18-27(23)30(33-29)34(19-21-7-11-25(36-2)12-8-21)20-22-9-13-26(37-3)14-10-22/h7-14,16-18,24H,4-6,15,19-20H2,1-3H3,(H2,31,32). The Morgan fingerprint density at radius 3 is 2.14 bits per heavy atom. The first-order valence-electron chi connectivity index (χ1n) is 12.9. The minimum Gasteiger partial charge on any atom is -0.497 e. The van der Waals surface area contributed by atoms with Crippen molar-refractivity contribution in [2.45, 2.75) is 45.3 Å². The van der Waals surface area contributed by atoms with Crippen LogP contribution < -0.4 is 25.0 Å². The third-order valence-electron chi connectivity index (χ3n) is 7.21. The molecule has 0 saturated carbocycles. The highest BCUT2D eigenvalue weighted by atomic mass is 16.5. The van der Waals surface area contributed by atoms with Gasteiger partial charge < -0.3 is 25.0 Å². The van der Waals surface area contributed by atoms with Gasteiger partial charge in [-0.15, -0.1) is 0 Å². The smallest absolute Gasteiger partial charge is 0.141 e. The van der Waals surface area contributed by atoms with Gasteiger partial charge >= 0.3 is 0 Å². The van der Waals surface area contributed by atoms with Gasteiger partial charge in [0.2, 0.25) is 0 Å². The molecule has 2 aromatic carbocycles. The molecule has 1 aliphatic rings. The number of nitrogens with two attached hydrogens (primary N) is 1. The molecule has 5 rings (SSSR count). The summed E-state index contributed by atoms with van der Waals surface area (Å²) in [6.45, 7) is 4.65. The first-order chi connectivity index (χ1) is 18.1. The predicted octanol–water partition coefficient (Wildman–Crippen LogP) is 5.81. The van der Waals surface area contributed by atoms with Gasteiger partial charge in [0.15, 0.2) is 0 Å². The lowest BCUT2D eigenvalue weighted by Gasteiger charge is -2.30. The van der Waals surface area contributed by atoms with Crippen LogP contribution >= 0.6 is 0 Å². The summed E-state index contributed by atoms with van der Waals surface area (Å²) < 4.78 is 10.8. The van der Waals surface area contributed by atoms with Crippen molar-refractivity contribution in [1.82, 2.24) is 9.97 Å². The molecular weight excluding hydrogens is 462 g/mol. The third kappa shape index (κ3) is 5.40. The van der Waals surface area contributed by atoms with Crippen molar-refractivity contribution in [3.05, 3.63) is 78.0 Å². The Morgan fingerprint density at radius 1 is 0.946 bits per heavy atom. The summed E-state index contributed by atoms with van der Waals surface area (Å²) >= 11 is 0. The predicted molar refractivity (Wildman–Crippen MR) is 150 cm³/mol. The number of hydrogen-bond acceptors (Lipinski definition) is 7. The third-order valence-corrected chi connectivity index (χ3v) is 7.21. The SMILES string of the molecule is CCC1CCCN1c1cc2cc(N)ncc2c(N(Cc2ccc(OC)cc2)Cc2ccc(OC)cc2)n1. The molecule has 0 aliphatic carbocycles. The summed E-state index contributed by atoms with van der Waals surface area (Å²) in [5.41, 5.74) is 8.47. The quantitative estimate of drug-likeness (QED) is 0.312. The van der Waals surface area contributed by atoms with E-state index in [1.54, 1.807) is 14.2 Å². The molecule has 3 heterocycles. The number of nitrogen functional groups attached to an aromatic ring is 1. The van der Waals surface area contributed by atoms with E-state index in [0.717, 1.165) is 46.9 Å². The Kier molecular flexibility index (Phi) is 7.30. The second kappa shape index (κ2) is 10.9. The maximum absolute atomic E-state index is 6.13. The zero-order valence-corrected chi connectivity index (χ0v) is 21.9. The lowest BCUT2D eigenvalue weighted by Crippen LogP contribution is -2.30. The molecule has 2 aromatic heterocycles. The van der Waals surface area contributed by atoms with E-state index in [-0.39, 0.29) is 0 Å². The van der Waals surface area contributed by atoms with E-state index in [1.807, 2.05) is 36.5 Å². The monoisotopic (exact) mass is 497 g/mol. The molecule has 0 spiro atoms. The van der Waals surface area contributed by atoms with E-state index >= 15 is 0 Å². The fourth-order valence-corrected chi connectivity index (χ4v) is 5.19. The van der Waals surface area contributed by atoms with Crippen LogP contribution in [0.1, 0.15) is 37.3 Å². The van der Waals surface area contributed by atoms with Crippen molar-refractivity contribution in [2.24, 2.45) is 0 Å². The molecule has 1 aliphatic heterocycles. The summed E-state index contributed by atoms with van der Waals surface area (Å²) in [5, 5.41) is 2.05. The molecule has 0 amide bonds. The molecule has 1 unspecified atom stereocenters. The number of methoxy groups -OCH3 is 2. The summed E-state index contributed by atoms with van der Waals surface area (Å²) in [7, 11) is 3.38. The normalized spacial score (nSPS) is 15.2. The maximum atomic E-state index is 6.13. The Morgan fingerprint density at radius 2 is 1.57 bits per heavy atom. The Balaban J connectivity index is 1.61. The summed E-state index contributed by atoms with van der Waals surface area (Å²) in [5.74, 6) is 4.12. The highest BCUT2D eigenvalue weighted by Crippen LogP contribution is 2.35. The van der Waals surface area contributed by atoms with Crippen LogP contribution in [0.25, 0.3) is 10.8 Å². The number of benzene rings is 2. The van der Waals surface area contributed by atoms with Gasteiger partial charge in [0.05, 0.1) is 14.2 Å². The Labute approximate surface area is 218 Å². The largest absolute Gasteiger partial charge is 0.497 e. The van der Waals surface area contributed by atoms with Crippen LogP contribution in [-0.2, 0) is 13.1 Å². The Bertz CT molecular complexity index is 1290. The fraction of sp³-hybridized carbons (Fsp3) is 0.333. The second-order valence-corrected chi connectivity index (χ2v) is 9.58. The molecule has 1 atom stereocenters. The average Bonchev–Trinajstić information content (AvgIpc) is 3.42. The summed E-state index contributed by atoms with van der Waals surface area (Å²) in [6, 6.07) is 21.1. The van der Waals surface area contributed by atoms with Crippen molar-refractivity contribution in [2.75, 3.05) is 36.3 Å². The van der Waals surface area contributed by atoms with Gasteiger partial charge in [-0.05, 0) is 72.2 Å². The van der Waals surface area contributed by atoms with Crippen molar-refractivity contribution in [3.8, 4) is 11.5 Å². The van der Waals surface area contributed by atoms with Crippen LogP contribution in [0.2, 0.25) is 0 Å². The molecule has 192 valence electrons. The van der Waals surface area contributed by atoms with Crippen molar-refractivity contribution in [1.29, 1.82) is 0 Å². The van der Waals surface area contributed by atoms with Crippen molar-refractivity contribution < 1.29 is 9.47 Å². The van der Waals surface area contributed by atoms with Gasteiger partial charge in [-0.25, -0.2) is 9.97 Å². The van der Waals surface area contributed by atoms with Crippen molar-refractivity contribution >= 4 is 28.2 Å². The fourth-order valence-electron chi connectivity index (χ4n) is 5.19. The molecule has 0 radical (unpaired) electrons. The minimum atomic E-state index is 0.508. The molecule has 7 heteroatoms. The number of nitrogens with zero attached hydrogens (tertiary/aromatic N) is 4. The van der Waals surface area contributed by atoms with Gasteiger partial charge in [0, 0.05) is 37.3 Å². The van der Waals surface area contributed by atoms with E-state index in [9.17, 15) is 0 Å². The number of hydrogen-bond donors (Lipinski definition) is 1. The first-order valence-corrected chi connectivity index (χ1v) is 12.9. The molecule has 0 bridgehead atoms. The molecule has 7 nitrogen and oxygen atoms in total. The summed E-state index contributed by atoms with van der Waals surface area (Å²) in [6.07, 6.45) is 5.35. The van der Waals surface area contributed by atoms with E-state index < -0.39 is 0 Å². The number of aromatic nitrogens is 2. The number of ether oxygens (including phenoxy) is 2.